The van der Waals surface area contributed by atoms with E-state index >= 15 is 0 Å². The molecule has 0 radical (unpaired) electrons. The fourth-order valence-corrected chi connectivity index (χ4v) is 3.94. The number of hydrogen-bond acceptors (Lipinski definition) is 5. The highest BCUT2D eigenvalue weighted by Crippen LogP contribution is 2.42. The molecule has 1 heterocycles. The molecule has 1 aliphatic rings. The first-order chi connectivity index (χ1) is 15.4. The molecule has 6 nitrogen and oxygen atoms in total. The maximum atomic E-state index is 13.3. The monoisotopic (exact) mass is 451 g/mol. The van der Waals surface area contributed by atoms with Gasteiger partial charge >= 0.3 is 0 Å². The summed E-state index contributed by atoms with van der Waals surface area (Å²) in [6.45, 7) is 0.426. The quantitative estimate of drug-likeness (QED) is 0.518. The van der Waals surface area contributed by atoms with Crippen molar-refractivity contribution in [3.05, 3.63) is 88.9 Å². The Morgan fingerprint density at radius 2 is 1.78 bits per heavy atom. The summed E-state index contributed by atoms with van der Waals surface area (Å²) >= 11 is 5.89. The Labute approximate surface area is 191 Å². The molecule has 32 heavy (non-hydrogen) atoms. The van der Waals surface area contributed by atoms with E-state index in [0.717, 1.165) is 0 Å². The van der Waals surface area contributed by atoms with Crippen LogP contribution in [-0.2, 0) is 10.4 Å². The van der Waals surface area contributed by atoms with Crippen molar-refractivity contribution in [2.24, 2.45) is 0 Å². The first-order valence-corrected chi connectivity index (χ1v) is 10.5. The molecular formula is C25H22ClNO5. The second-order valence-electron chi connectivity index (χ2n) is 7.47. The van der Waals surface area contributed by atoms with Gasteiger partial charge in [0.05, 0.1) is 25.8 Å². The molecule has 1 unspecified atom stereocenters. The molecule has 0 bridgehead atoms. The van der Waals surface area contributed by atoms with E-state index in [1.807, 2.05) is 0 Å². The minimum absolute atomic E-state index is 0.210. The second-order valence-corrected chi connectivity index (χ2v) is 7.90. The smallest absolute Gasteiger partial charge is 0.264 e. The molecule has 1 amide bonds. The number of methoxy groups -OCH3 is 1. The zero-order chi connectivity index (χ0) is 22.7. The summed E-state index contributed by atoms with van der Waals surface area (Å²) in [4.78, 5) is 27.7. The van der Waals surface area contributed by atoms with E-state index in [0.29, 0.717) is 33.3 Å². The number of Topliss-reactive ketones (excluding diaryl/α,β-unsaturated/α-hetero) is 1. The van der Waals surface area contributed by atoms with Gasteiger partial charge in [-0.1, -0.05) is 41.9 Å². The number of ketones is 1. The zero-order valence-electron chi connectivity index (χ0n) is 17.5. The van der Waals surface area contributed by atoms with Gasteiger partial charge in [0.15, 0.2) is 11.4 Å². The van der Waals surface area contributed by atoms with E-state index < -0.39 is 11.5 Å². The Bertz CT molecular complexity index is 1150. The second kappa shape index (κ2) is 9.02. The fraction of sp³-hybridized carbons (Fsp3) is 0.200. The van der Waals surface area contributed by atoms with Crippen molar-refractivity contribution in [2.75, 3.05) is 25.2 Å². The lowest BCUT2D eigenvalue weighted by atomic mass is 9.88. The molecular weight excluding hydrogens is 430 g/mol. The third kappa shape index (κ3) is 4.20. The highest BCUT2D eigenvalue weighted by molar-refractivity contribution is 6.30. The van der Waals surface area contributed by atoms with Crippen LogP contribution < -0.4 is 14.4 Å². The number of carbonyl (C=O) groups is 2. The van der Waals surface area contributed by atoms with Gasteiger partial charge in [0.2, 0.25) is 0 Å². The van der Waals surface area contributed by atoms with Crippen LogP contribution in [0.2, 0.25) is 5.02 Å². The lowest BCUT2D eigenvalue weighted by Gasteiger charge is -2.23. The highest BCUT2D eigenvalue weighted by atomic mass is 35.5. The van der Waals surface area contributed by atoms with E-state index in [2.05, 4.69) is 0 Å². The van der Waals surface area contributed by atoms with Gasteiger partial charge in [-0.05, 0) is 42.5 Å². The van der Waals surface area contributed by atoms with Crippen LogP contribution in [0.15, 0.2) is 72.8 Å². The molecule has 4 rings (SSSR count). The summed E-state index contributed by atoms with van der Waals surface area (Å²) in [7, 11) is 1.51. The van der Waals surface area contributed by atoms with Crippen molar-refractivity contribution in [1.82, 2.24) is 0 Å². The van der Waals surface area contributed by atoms with Crippen molar-refractivity contribution in [3.8, 4) is 11.5 Å². The molecule has 0 aromatic heterocycles. The van der Waals surface area contributed by atoms with E-state index in [9.17, 15) is 14.7 Å². The highest BCUT2D eigenvalue weighted by Gasteiger charge is 2.50. The number of carbonyl (C=O) groups excluding carboxylic acids is 2. The molecule has 1 N–H and O–H groups in total. The molecule has 0 saturated heterocycles. The largest absolute Gasteiger partial charge is 0.497 e. The molecule has 0 aliphatic carbocycles. The molecule has 0 spiro atoms. The Balaban J connectivity index is 1.53. The molecule has 0 fully saturated rings. The summed E-state index contributed by atoms with van der Waals surface area (Å²) in [5.41, 5.74) is -0.602. The van der Waals surface area contributed by atoms with Crippen molar-refractivity contribution < 1.29 is 24.2 Å². The lowest BCUT2D eigenvalue weighted by molar-refractivity contribution is -0.135. The number of fused-ring (bicyclic) bond motifs is 1. The third-order valence-corrected chi connectivity index (χ3v) is 5.70. The van der Waals surface area contributed by atoms with Crippen molar-refractivity contribution in [2.45, 2.75) is 12.0 Å². The summed E-state index contributed by atoms with van der Waals surface area (Å²) in [5.74, 6) is 0.253. The number of rotatable bonds is 8. The van der Waals surface area contributed by atoms with E-state index in [1.165, 1.54) is 12.0 Å². The van der Waals surface area contributed by atoms with Gasteiger partial charge in [0.1, 0.15) is 18.1 Å². The molecule has 1 atom stereocenters. The first kappa shape index (κ1) is 21.9. The first-order valence-electron chi connectivity index (χ1n) is 10.1. The summed E-state index contributed by atoms with van der Waals surface area (Å²) in [6, 6.07) is 20.5. The average molecular weight is 452 g/mol. The van der Waals surface area contributed by atoms with Crippen LogP contribution in [0.5, 0.6) is 11.5 Å². The van der Waals surface area contributed by atoms with Gasteiger partial charge in [-0.15, -0.1) is 0 Å². The zero-order valence-corrected chi connectivity index (χ0v) is 18.2. The van der Waals surface area contributed by atoms with Gasteiger partial charge in [0.25, 0.3) is 5.91 Å². The molecule has 1 aliphatic heterocycles. The number of halogens is 1. The van der Waals surface area contributed by atoms with Crippen LogP contribution in [-0.4, -0.2) is 37.1 Å². The maximum Gasteiger partial charge on any atom is 0.264 e. The molecule has 3 aromatic rings. The number of amides is 1. The minimum Gasteiger partial charge on any atom is -0.497 e. The van der Waals surface area contributed by atoms with E-state index in [4.69, 9.17) is 21.1 Å². The topological polar surface area (TPSA) is 76.1 Å². The SMILES string of the molecule is COc1cccc(C(=O)CC2(O)C(=O)N(CCOc3ccc(Cl)cc3)c3ccccc32)c1. The van der Waals surface area contributed by atoms with Crippen molar-refractivity contribution in [1.29, 1.82) is 0 Å². The Morgan fingerprint density at radius 1 is 1.03 bits per heavy atom. The number of benzene rings is 3. The van der Waals surface area contributed by atoms with E-state index in [-0.39, 0.29) is 25.4 Å². The normalized spacial score (nSPS) is 17.2. The van der Waals surface area contributed by atoms with Crippen LogP contribution in [0.25, 0.3) is 0 Å². The van der Waals surface area contributed by atoms with Gasteiger partial charge in [-0.25, -0.2) is 0 Å². The number of anilines is 1. The van der Waals surface area contributed by atoms with Crippen molar-refractivity contribution >= 4 is 29.0 Å². The van der Waals surface area contributed by atoms with Crippen LogP contribution in [0.3, 0.4) is 0 Å². The van der Waals surface area contributed by atoms with Gasteiger partial charge < -0.3 is 19.5 Å². The lowest BCUT2D eigenvalue weighted by Crippen LogP contribution is -2.43. The summed E-state index contributed by atoms with van der Waals surface area (Å²) in [6.07, 6.45) is -0.370. The standard InChI is InChI=1S/C25H22ClNO5/c1-31-20-6-4-5-17(15-20)23(28)16-25(30)21-7-2-3-8-22(21)27(24(25)29)13-14-32-19-11-9-18(26)10-12-19/h2-12,15,30H,13-14,16H2,1H3. The Kier molecular flexibility index (Phi) is 6.17. The number of aliphatic hydroxyl groups is 1. The predicted molar refractivity (Wildman–Crippen MR) is 122 cm³/mol. The van der Waals surface area contributed by atoms with E-state index in [1.54, 1.807) is 72.8 Å². The Hall–Kier alpha value is -3.35. The average Bonchev–Trinajstić information content (AvgIpc) is 3.02. The number of hydrogen-bond donors (Lipinski definition) is 1. The van der Waals surface area contributed by atoms with Crippen molar-refractivity contribution in [3.63, 3.8) is 0 Å². The fourth-order valence-electron chi connectivity index (χ4n) is 3.82. The van der Waals surface area contributed by atoms with Crippen LogP contribution in [0.4, 0.5) is 5.69 Å². The summed E-state index contributed by atoms with van der Waals surface area (Å²) < 4.78 is 10.9. The summed E-state index contributed by atoms with van der Waals surface area (Å²) in [5, 5.41) is 12.0. The van der Waals surface area contributed by atoms with Crippen LogP contribution >= 0.6 is 11.6 Å². The van der Waals surface area contributed by atoms with Crippen LogP contribution in [0.1, 0.15) is 22.3 Å². The molecule has 3 aromatic carbocycles. The number of nitrogens with zero attached hydrogens (tertiary/aromatic N) is 1. The van der Waals surface area contributed by atoms with Gasteiger partial charge in [-0.3, -0.25) is 9.59 Å². The third-order valence-electron chi connectivity index (χ3n) is 5.44. The number of para-hydroxylation sites is 1. The maximum absolute atomic E-state index is 13.3. The molecule has 164 valence electrons. The Morgan fingerprint density at radius 3 is 2.53 bits per heavy atom. The van der Waals surface area contributed by atoms with Gasteiger partial charge in [-0.2, -0.15) is 0 Å². The minimum atomic E-state index is -1.95. The number of ether oxygens (including phenoxy) is 2. The predicted octanol–water partition coefficient (Wildman–Crippen LogP) is 4.23. The van der Waals surface area contributed by atoms with Gasteiger partial charge in [0, 0.05) is 16.1 Å². The molecule has 0 saturated carbocycles. The van der Waals surface area contributed by atoms with Crippen LogP contribution in [0, 0.1) is 0 Å². The molecule has 7 heteroatoms.